The van der Waals surface area contributed by atoms with Crippen molar-refractivity contribution >= 4 is 11.4 Å². The van der Waals surface area contributed by atoms with E-state index in [4.69, 9.17) is 0 Å². The lowest BCUT2D eigenvalue weighted by molar-refractivity contribution is 0.0891. The fraction of sp³-hybridized carbons (Fsp3) is 0.636. The molecule has 2 unspecified atom stereocenters. The molecule has 0 radical (unpaired) electrons. The summed E-state index contributed by atoms with van der Waals surface area (Å²) in [5, 5.41) is 17.6. The van der Waals surface area contributed by atoms with Gasteiger partial charge in [0.15, 0.2) is 0 Å². The molecule has 0 amide bonds. The Hall–Kier alpha value is -1.48. The van der Waals surface area contributed by atoms with Gasteiger partial charge in [-0.3, -0.25) is 0 Å². The molecule has 0 aliphatic heterocycles. The molecule has 0 fully saturated rings. The van der Waals surface area contributed by atoms with E-state index in [1.807, 2.05) is 0 Å². The minimum atomic E-state index is -0.372. The molecule has 1 rings (SSSR count). The van der Waals surface area contributed by atoms with Gasteiger partial charge in [0.2, 0.25) is 0 Å². The number of hydrogen-bond acceptors (Lipinski definition) is 3. The molecule has 0 saturated heterocycles. The summed E-state index contributed by atoms with van der Waals surface area (Å²) >= 11 is 0. The van der Waals surface area contributed by atoms with Crippen molar-refractivity contribution in [2.45, 2.75) is 67.5 Å². The summed E-state index contributed by atoms with van der Waals surface area (Å²) in [5.74, 6) is 1.53. The molecule has 0 saturated carbocycles. The zero-order valence-electron chi connectivity index (χ0n) is 17.3. The molecule has 142 valence electrons. The van der Waals surface area contributed by atoms with E-state index in [1.165, 1.54) is 5.70 Å². The zero-order chi connectivity index (χ0) is 19.1. The fourth-order valence-electron chi connectivity index (χ4n) is 2.84. The monoisotopic (exact) mass is 346 g/mol. The van der Waals surface area contributed by atoms with Crippen LogP contribution < -0.4 is 10.6 Å². The SMILES string of the molecule is CC(C)C=C(Nc1cccc(NC(C(C)C)C(O)C(C)C)c1)C(C)C. The number of rotatable bonds is 9. The van der Waals surface area contributed by atoms with Crippen LogP contribution in [0.2, 0.25) is 0 Å². The van der Waals surface area contributed by atoms with Gasteiger partial charge in [-0.1, -0.05) is 67.5 Å². The van der Waals surface area contributed by atoms with Gasteiger partial charge in [-0.15, -0.1) is 0 Å². The Morgan fingerprint density at radius 1 is 0.920 bits per heavy atom. The predicted octanol–water partition coefficient (Wildman–Crippen LogP) is 5.75. The van der Waals surface area contributed by atoms with Crippen LogP contribution in [0.4, 0.5) is 11.4 Å². The largest absolute Gasteiger partial charge is 0.391 e. The second kappa shape index (κ2) is 9.86. The molecule has 25 heavy (non-hydrogen) atoms. The Morgan fingerprint density at radius 3 is 2.00 bits per heavy atom. The Morgan fingerprint density at radius 2 is 1.52 bits per heavy atom. The van der Waals surface area contributed by atoms with Gasteiger partial charge >= 0.3 is 0 Å². The first kappa shape index (κ1) is 21.6. The van der Waals surface area contributed by atoms with E-state index in [9.17, 15) is 5.11 Å². The van der Waals surface area contributed by atoms with E-state index in [0.717, 1.165) is 11.4 Å². The van der Waals surface area contributed by atoms with E-state index in [-0.39, 0.29) is 18.1 Å². The van der Waals surface area contributed by atoms with Crippen molar-refractivity contribution in [1.82, 2.24) is 0 Å². The zero-order valence-corrected chi connectivity index (χ0v) is 17.3. The third-order valence-corrected chi connectivity index (χ3v) is 4.39. The average Bonchev–Trinajstić information content (AvgIpc) is 2.50. The van der Waals surface area contributed by atoms with E-state index in [2.05, 4.69) is 96.4 Å². The Bertz CT molecular complexity index is 547. The maximum atomic E-state index is 10.5. The van der Waals surface area contributed by atoms with Gasteiger partial charge in [0.1, 0.15) is 0 Å². The van der Waals surface area contributed by atoms with Crippen LogP contribution in [0, 0.1) is 23.7 Å². The van der Waals surface area contributed by atoms with Gasteiger partial charge in [-0.2, -0.15) is 0 Å². The molecular weight excluding hydrogens is 308 g/mol. The van der Waals surface area contributed by atoms with E-state index in [1.54, 1.807) is 0 Å². The Balaban J connectivity index is 2.96. The first-order valence-electron chi connectivity index (χ1n) is 9.65. The van der Waals surface area contributed by atoms with Crippen LogP contribution in [0.25, 0.3) is 0 Å². The highest BCUT2D eigenvalue weighted by Gasteiger charge is 2.25. The molecule has 0 aromatic heterocycles. The van der Waals surface area contributed by atoms with Crippen LogP contribution in [0.1, 0.15) is 55.4 Å². The molecule has 0 aliphatic rings. The van der Waals surface area contributed by atoms with Crippen molar-refractivity contribution in [3.8, 4) is 0 Å². The predicted molar refractivity (Wildman–Crippen MR) is 111 cm³/mol. The van der Waals surface area contributed by atoms with Gasteiger partial charge in [-0.25, -0.2) is 0 Å². The number of hydrogen-bond donors (Lipinski definition) is 3. The summed E-state index contributed by atoms with van der Waals surface area (Å²) in [5.41, 5.74) is 3.36. The van der Waals surface area contributed by atoms with Crippen molar-refractivity contribution in [1.29, 1.82) is 0 Å². The molecule has 1 aromatic rings. The molecule has 0 heterocycles. The lowest BCUT2D eigenvalue weighted by atomic mass is 9.91. The average molecular weight is 347 g/mol. The van der Waals surface area contributed by atoms with Gasteiger partial charge in [0.25, 0.3) is 0 Å². The smallest absolute Gasteiger partial charge is 0.0766 e. The lowest BCUT2D eigenvalue weighted by Gasteiger charge is -2.31. The van der Waals surface area contributed by atoms with Crippen molar-refractivity contribution < 1.29 is 5.11 Å². The van der Waals surface area contributed by atoms with Crippen molar-refractivity contribution in [2.75, 3.05) is 10.6 Å². The highest BCUT2D eigenvalue weighted by atomic mass is 16.3. The van der Waals surface area contributed by atoms with Crippen molar-refractivity contribution in [2.24, 2.45) is 23.7 Å². The van der Waals surface area contributed by atoms with Crippen molar-refractivity contribution in [3.05, 3.63) is 36.0 Å². The summed E-state index contributed by atoms with van der Waals surface area (Å²) in [7, 11) is 0. The minimum Gasteiger partial charge on any atom is -0.391 e. The summed E-state index contributed by atoms with van der Waals surface area (Å²) in [6.07, 6.45) is 1.91. The minimum absolute atomic E-state index is 0.0334. The third kappa shape index (κ3) is 7.11. The van der Waals surface area contributed by atoms with Gasteiger partial charge < -0.3 is 15.7 Å². The molecule has 1 aromatic carbocycles. The second-order valence-electron chi connectivity index (χ2n) is 8.38. The van der Waals surface area contributed by atoms with Crippen LogP contribution >= 0.6 is 0 Å². The maximum Gasteiger partial charge on any atom is 0.0766 e. The van der Waals surface area contributed by atoms with Crippen molar-refractivity contribution in [3.63, 3.8) is 0 Å². The standard InChI is InChI=1S/C22H38N2O/c1-14(2)12-20(15(3)4)23-18-10-9-11-19(13-18)24-21(16(5)6)22(25)17(7)8/h9-17,21-25H,1-8H3. The van der Waals surface area contributed by atoms with Crippen LogP contribution in [0.5, 0.6) is 0 Å². The number of nitrogens with one attached hydrogen (secondary N) is 2. The summed E-state index contributed by atoms with van der Waals surface area (Å²) in [6.45, 7) is 17.2. The fourth-order valence-corrected chi connectivity index (χ4v) is 2.84. The summed E-state index contributed by atoms with van der Waals surface area (Å²) < 4.78 is 0. The lowest BCUT2D eigenvalue weighted by Crippen LogP contribution is -2.41. The third-order valence-electron chi connectivity index (χ3n) is 4.39. The number of aliphatic hydroxyl groups excluding tert-OH is 1. The molecule has 0 spiro atoms. The number of aliphatic hydroxyl groups is 1. The van der Waals surface area contributed by atoms with E-state index in [0.29, 0.717) is 17.8 Å². The van der Waals surface area contributed by atoms with Gasteiger partial charge in [0.05, 0.1) is 12.1 Å². The highest BCUT2D eigenvalue weighted by molar-refractivity contribution is 5.59. The van der Waals surface area contributed by atoms with E-state index >= 15 is 0 Å². The van der Waals surface area contributed by atoms with E-state index < -0.39 is 0 Å². The second-order valence-corrected chi connectivity index (χ2v) is 8.38. The molecule has 3 N–H and O–H groups in total. The maximum absolute atomic E-state index is 10.5. The van der Waals surface area contributed by atoms with Crippen LogP contribution in [-0.4, -0.2) is 17.3 Å². The van der Waals surface area contributed by atoms with Gasteiger partial charge in [0, 0.05) is 17.1 Å². The quantitative estimate of drug-likeness (QED) is 0.533. The molecule has 3 nitrogen and oxygen atoms in total. The highest BCUT2D eigenvalue weighted by Crippen LogP contribution is 2.24. The summed E-state index contributed by atoms with van der Waals surface area (Å²) in [6, 6.07) is 8.36. The number of benzene rings is 1. The van der Waals surface area contributed by atoms with Crippen LogP contribution in [-0.2, 0) is 0 Å². The van der Waals surface area contributed by atoms with Crippen LogP contribution in [0.3, 0.4) is 0 Å². The number of anilines is 2. The Labute approximate surface area is 154 Å². The van der Waals surface area contributed by atoms with Crippen LogP contribution in [0.15, 0.2) is 36.0 Å². The van der Waals surface area contributed by atoms with Gasteiger partial charge in [-0.05, 0) is 41.9 Å². The first-order valence-corrected chi connectivity index (χ1v) is 9.65. The molecule has 2 atom stereocenters. The first-order chi connectivity index (χ1) is 11.6. The molecule has 3 heteroatoms. The topological polar surface area (TPSA) is 44.3 Å². The normalized spacial score (nSPS) is 15.2. The summed E-state index contributed by atoms with van der Waals surface area (Å²) in [4.78, 5) is 0. The molecule has 0 bridgehead atoms. The number of allylic oxidation sites excluding steroid dienone is 2. The molecule has 0 aliphatic carbocycles. The Kier molecular flexibility index (Phi) is 8.51. The molecular formula is C22H38N2O.